The summed E-state index contributed by atoms with van der Waals surface area (Å²) in [5, 5.41) is 0. The molecular formula is C20H19N3. The second-order valence-electron chi connectivity index (χ2n) is 5.31. The highest BCUT2D eigenvalue weighted by Gasteiger charge is 2.06. The Morgan fingerprint density at radius 2 is 1.22 bits per heavy atom. The summed E-state index contributed by atoms with van der Waals surface area (Å²) in [5.41, 5.74) is 16.3. The van der Waals surface area contributed by atoms with Crippen LogP contribution in [-0.4, -0.2) is 5.84 Å². The molecule has 0 saturated carbocycles. The van der Waals surface area contributed by atoms with Crippen molar-refractivity contribution in [1.82, 2.24) is 0 Å². The fourth-order valence-electron chi connectivity index (χ4n) is 2.41. The minimum atomic E-state index is -0.472. The topological polar surface area (TPSA) is 64.4 Å². The van der Waals surface area contributed by atoms with Crippen molar-refractivity contribution in [2.24, 2.45) is 16.5 Å². The van der Waals surface area contributed by atoms with E-state index in [9.17, 15) is 0 Å². The molecule has 0 aliphatic heterocycles. The predicted octanol–water partition coefficient (Wildman–Crippen LogP) is 3.72. The van der Waals surface area contributed by atoms with E-state index in [-0.39, 0.29) is 0 Å². The molecule has 0 heterocycles. The van der Waals surface area contributed by atoms with Gasteiger partial charge in [0.1, 0.15) is 12.0 Å². The summed E-state index contributed by atoms with van der Waals surface area (Å²) in [6.07, 6.45) is -0.472. The Labute approximate surface area is 136 Å². The van der Waals surface area contributed by atoms with Gasteiger partial charge in [0.05, 0.1) is 0 Å². The first-order chi connectivity index (χ1) is 11.2. The van der Waals surface area contributed by atoms with Gasteiger partial charge in [-0.1, -0.05) is 84.9 Å². The quantitative estimate of drug-likeness (QED) is 0.570. The molecule has 4 N–H and O–H groups in total. The summed E-state index contributed by atoms with van der Waals surface area (Å²) in [5.74, 6) is 0.449. The third-order valence-corrected chi connectivity index (χ3v) is 3.71. The predicted molar refractivity (Wildman–Crippen MR) is 96.0 cm³/mol. The van der Waals surface area contributed by atoms with E-state index in [0.29, 0.717) is 5.84 Å². The minimum Gasteiger partial charge on any atom is -0.383 e. The van der Waals surface area contributed by atoms with E-state index in [1.807, 2.05) is 60.7 Å². The van der Waals surface area contributed by atoms with Crippen LogP contribution in [0.3, 0.4) is 0 Å². The average Bonchev–Trinajstić information content (AvgIpc) is 2.63. The van der Waals surface area contributed by atoms with Crippen molar-refractivity contribution >= 4 is 5.84 Å². The van der Waals surface area contributed by atoms with Crippen molar-refractivity contribution in [3.63, 3.8) is 0 Å². The van der Waals surface area contributed by atoms with Gasteiger partial charge in [-0.3, -0.25) is 0 Å². The summed E-state index contributed by atoms with van der Waals surface area (Å²) < 4.78 is 0. The van der Waals surface area contributed by atoms with Gasteiger partial charge >= 0.3 is 0 Å². The van der Waals surface area contributed by atoms with Gasteiger partial charge in [-0.2, -0.15) is 0 Å². The van der Waals surface area contributed by atoms with E-state index in [0.717, 1.165) is 16.7 Å². The second-order valence-corrected chi connectivity index (χ2v) is 5.31. The standard InChI is InChI=1S/C20H19N3/c21-19(17-9-5-2-6-10-17)23-20(22)18-13-11-16(12-14-18)15-7-3-1-4-8-15/h1-14,20H,22H2,(H2,21,23). The van der Waals surface area contributed by atoms with Crippen molar-refractivity contribution in [3.8, 4) is 11.1 Å². The molecule has 23 heavy (non-hydrogen) atoms. The molecule has 0 saturated heterocycles. The molecule has 0 aromatic heterocycles. The zero-order valence-corrected chi connectivity index (χ0v) is 12.8. The highest BCUT2D eigenvalue weighted by Crippen LogP contribution is 2.21. The molecule has 0 aliphatic carbocycles. The zero-order chi connectivity index (χ0) is 16.1. The number of benzene rings is 3. The molecule has 1 unspecified atom stereocenters. The lowest BCUT2D eigenvalue weighted by atomic mass is 10.0. The Morgan fingerprint density at radius 1 is 0.696 bits per heavy atom. The molecule has 3 aromatic rings. The second kappa shape index (κ2) is 6.90. The third kappa shape index (κ3) is 3.65. The molecule has 3 rings (SSSR count). The maximum absolute atomic E-state index is 6.15. The van der Waals surface area contributed by atoms with Crippen molar-refractivity contribution < 1.29 is 0 Å². The number of hydrogen-bond donors (Lipinski definition) is 2. The fraction of sp³-hybridized carbons (Fsp3) is 0.0500. The third-order valence-electron chi connectivity index (χ3n) is 3.71. The van der Waals surface area contributed by atoms with Crippen LogP contribution in [0.4, 0.5) is 0 Å². The number of amidine groups is 1. The lowest BCUT2D eigenvalue weighted by Crippen LogP contribution is -2.18. The van der Waals surface area contributed by atoms with E-state index in [1.165, 1.54) is 5.56 Å². The first-order valence-electron chi connectivity index (χ1n) is 7.54. The van der Waals surface area contributed by atoms with Gasteiger partial charge in [0, 0.05) is 5.56 Å². The Morgan fingerprint density at radius 3 is 1.83 bits per heavy atom. The van der Waals surface area contributed by atoms with E-state index in [2.05, 4.69) is 29.3 Å². The maximum atomic E-state index is 6.15. The van der Waals surface area contributed by atoms with Crippen LogP contribution >= 0.6 is 0 Å². The Kier molecular flexibility index (Phi) is 4.50. The van der Waals surface area contributed by atoms with Crippen LogP contribution in [0.15, 0.2) is 89.9 Å². The van der Waals surface area contributed by atoms with Gasteiger partial charge < -0.3 is 11.5 Å². The molecule has 1 atom stereocenters. The number of rotatable bonds is 4. The summed E-state index contributed by atoms with van der Waals surface area (Å²) in [6, 6.07) is 28.0. The van der Waals surface area contributed by atoms with Crippen molar-refractivity contribution in [2.75, 3.05) is 0 Å². The van der Waals surface area contributed by atoms with Crippen molar-refractivity contribution in [1.29, 1.82) is 0 Å². The average molecular weight is 301 g/mol. The number of aliphatic imine (C=N–C) groups is 1. The molecule has 0 spiro atoms. The van der Waals surface area contributed by atoms with E-state index in [4.69, 9.17) is 11.5 Å². The Hall–Kier alpha value is -2.91. The fourth-order valence-corrected chi connectivity index (χ4v) is 2.41. The van der Waals surface area contributed by atoms with Crippen molar-refractivity contribution in [2.45, 2.75) is 6.17 Å². The van der Waals surface area contributed by atoms with Crippen LogP contribution in [0.1, 0.15) is 17.3 Å². The number of hydrogen-bond acceptors (Lipinski definition) is 2. The summed E-state index contributed by atoms with van der Waals surface area (Å²) >= 11 is 0. The molecule has 0 amide bonds. The van der Waals surface area contributed by atoms with E-state index >= 15 is 0 Å². The van der Waals surface area contributed by atoms with Gasteiger partial charge in [-0.15, -0.1) is 0 Å². The first-order valence-corrected chi connectivity index (χ1v) is 7.54. The van der Waals surface area contributed by atoms with Gasteiger partial charge in [-0.25, -0.2) is 4.99 Å². The molecule has 3 nitrogen and oxygen atoms in total. The molecular weight excluding hydrogens is 282 g/mol. The number of nitrogens with zero attached hydrogens (tertiary/aromatic N) is 1. The van der Waals surface area contributed by atoms with Gasteiger partial charge in [0.25, 0.3) is 0 Å². The van der Waals surface area contributed by atoms with Crippen LogP contribution in [-0.2, 0) is 0 Å². The zero-order valence-electron chi connectivity index (χ0n) is 12.8. The van der Waals surface area contributed by atoms with Crippen LogP contribution < -0.4 is 11.5 Å². The highest BCUT2D eigenvalue weighted by molar-refractivity contribution is 5.97. The lowest BCUT2D eigenvalue weighted by Gasteiger charge is -2.10. The molecule has 0 fully saturated rings. The normalized spacial score (nSPS) is 12.8. The summed E-state index contributed by atoms with van der Waals surface area (Å²) in [7, 11) is 0. The SMILES string of the molecule is N/C(=N\C(N)c1ccc(-c2ccccc2)cc1)c1ccccc1. The van der Waals surface area contributed by atoms with Crippen LogP contribution in [0, 0.1) is 0 Å². The van der Waals surface area contributed by atoms with Gasteiger partial charge in [-0.05, 0) is 16.7 Å². The first kappa shape index (κ1) is 15.0. The molecule has 114 valence electrons. The van der Waals surface area contributed by atoms with Crippen LogP contribution in [0.5, 0.6) is 0 Å². The molecule has 0 bridgehead atoms. The largest absolute Gasteiger partial charge is 0.383 e. The van der Waals surface area contributed by atoms with Crippen LogP contribution in [0.25, 0.3) is 11.1 Å². The van der Waals surface area contributed by atoms with Gasteiger partial charge in [0.15, 0.2) is 0 Å². The van der Waals surface area contributed by atoms with Crippen LogP contribution in [0.2, 0.25) is 0 Å². The lowest BCUT2D eigenvalue weighted by molar-refractivity contribution is 0.775. The summed E-state index contributed by atoms with van der Waals surface area (Å²) in [4.78, 5) is 4.39. The van der Waals surface area contributed by atoms with Gasteiger partial charge in [0.2, 0.25) is 0 Å². The highest BCUT2D eigenvalue weighted by atomic mass is 15.0. The van der Waals surface area contributed by atoms with E-state index < -0.39 is 6.17 Å². The smallest absolute Gasteiger partial charge is 0.127 e. The molecule has 0 radical (unpaired) electrons. The van der Waals surface area contributed by atoms with Crippen molar-refractivity contribution in [3.05, 3.63) is 96.1 Å². The maximum Gasteiger partial charge on any atom is 0.127 e. The Balaban J connectivity index is 1.79. The molecule has 3 heteroatoms. The minimum absolute atomic E-state index is 0.449. The summed E-state index contributed by atoms with van der Waals surface area (Å²) in [6.45, 7) is 0. The molecule has 0 aliphatic rings. The number of nitrogens with two attached hydrogens (primary N) is 2. The molecule has 3 aromatic carbocycles. The van der Waals surface area contributed by atoms with E-state index in [1.54, 1.807) is 0 Å². The Bertz CT molecular complexity index is 778. The monoisotopic (exact) mass is 301 g/mol.